The second-order valence-electron chi connectivity index (χ2n) is 4.98. The number of halogens is 2. The zero-order valence-corrected chi connectivity index (χ0v) is 13.3. The van der Waals surface area contributed by atoms with Crippen LogP contribution in [0, 0.1) is 0 Å². The predicted octanol–water partition coefficient (Wildman–Crippen LogP) is 1.82. The average Bonchev–Trinajstić information content (AvgIpc) is 2.50. The summed E-state index contributed by atoms with van der Waals surface area (Å²) >= 11 is 11.8. The van der Waals surface area contributed by atoms with Crippen LogP contribution in [-0.4, -0.2) is 42.9 Å². The van der Waals surface area contributed by atoms with E-state index < -0.39 is 23.5 Å². The molecule has 120 valence electrons. The summed E-state index contributed by atoms with van der Waals surface area (Å²) in [6.45, 7) is 2.15. The van der Waals surface area contributed by atoms with E-state index in [2.05, 4.69) is 5.32 Å². The van der Waals surface area contributed by atoms with E-state index >= 15 is 0 Å². The number of benzene rings is 1. The fraction of sp³-hybridized carbons (Fsp3) is 0.429. The molecule has 1 saturated heterocycles. The van der Waals surface area contributed by atoms with Gasteiger partial charge in [0.25, 0.3) is 5.91 Å². The molecule has 2 unspecified atom stereocenters. The molecule has 1 aliphatic heterocycles. The van der Waals surface area contributed by atoms with Crippen molar-refractivity contribution in [1.82, 2.24) is 5.32 Å². The van der Waals surface area contributed by atoms with Gasteiger partial charge in [0.15, 0.2) is 11.6 Å². The normalized spacial score (nSPS) is 21.0. The second kappa shape index (κ2) is 6.83. The number of rotatable bonds is 4. The topological polar surface area (TPSA) is 84.9 Å². The summed E-state index contributed by atoms with van der Waals surface area (Å²) in [7, 11) is 0. The summed E-state index contributed by atoms with van der Waals surface area (Å²) in [4.78, 5) is 23.9. The van der Waals surface area contributed by atoms with Gasteiger partial charge in [-0.2, -0.15) is 0 Å². The average molecular weight is 348 g/mol. The van der Waals surface area contributed by atoms with Crippen LogP contribution in [0.4, 0.5) is 0 Å². The van der Waals surface area contributed by atoms with Crippen LogP contribution in [-0.2, 0) is 24.6 Å². The van der Waals surface area contributed by atoms with Gasteiger partial charge < -0.3 is 19.9 Å². The number of aliphatic carboxylic acids is 1. The van der Waals surface area contributed by atoms with Gasteiger partial charge in [0.05, 0.1) is 29.9 Å². The lowest BCUT2D eigenvalue weighted by Gasteiger charge is -2.30. The molecule has 0 spiro atoms. The molecular weight excluding hydrogens is 333 g/mol. The quantitative estimate of drug-likeness (QED) is 0.867. The molecule has 1 fully saturated rings. The van der Waals surface area contributed by atoms with Crippen LogP contribution >= 0.6 is 23.2 Å². The van der Waals surface area contributed by atoms with Gasteiger partial charge in [-0.15, -0.1) is 0 Å². The summed E-state index contributed by atoms with van der Waals surface area (Å²) in [6.07, 6.45) is -0.838. The summed E-state index contributed by atoms with van der Waals surface area (Å²) < 4.78 is 10.4. The molecule has 0 saturated carbocycles. The maximum absolute atomic E-state index is 12.2. The summed E-state index contributed by atoms with van der Waals surface area (Å²) in [5.41, 5.74) is -1.36. The smallest absolute Gasteiger partial charge is 0.333 e. The fourth-order valence-corrected chi connectivity index (χ4v) is 2.32. The van der Waals surface area contributed by atoms with Crippen LogP contribution < -0.4 is 5.32 Å². The number of hydrogen-bond acceptors (Lipinski definition) is 4. The Bertz CT molecular complexity index is 589. The first-order valence-electron chi connectivity index (χ1n) is 6.55. The van der Waals surface area contributed by atoms with Gasteiger partial charge in [0, 0.05) is 0 Å². The van der Waals surface area contributed by atoms with Crippen molar-refractivity contribution in [3.8, 4) is 0 Å². The van der Waals surface area contributed by atoms with Crippen molar-refractivity contribution in [3.05, 3.63) is 33.8 Å². The molecule has 1 aromatic carbocycles. The number of carboxylic acids is 1. The highest BCUT2D eigenvalue weighted by Gasteiger charge is 2.39. The van der Waals surface area contributed by atoms with Crippen molar-refractivity contribution in [2.45, 2.75) is 18.6 Å². The highest BCUT2D eigenvalue weighted by Crippen LogP contribution is 2.29. The van der Waals surface area contributed by atoms with Gasteiger partial charge in [-0.25, -0.2) is 4.79 Å². The Kier molecular flexibility index (Phi) is 5.28. The van der Waals surface area contributed by atoms with Crippen LogP contribution in [0.15, 0.2) is 18.2 Å². The Morgan fingerprint density at radius 1 is 1.32 bits per heavy atom. The molecule has 0 aliphatic carbocycles. The van der Waals surface area contributed by atoms with Crippen molar-refractivity contribution >= 4 is 35.1 Å². The minimum atomic E-state index is -1.66. The predicted molar refractivity (Wildman–Crippen MR) is 80.2 cm³/mol. The first kappa shape index (κ1) is 17.0. The zero-order valence-electron chi connectivity index (χ0n) is 11.8. The van der Waals surface area contributed by atoms with Crippen LogP contribution in [0.2, 0.25) is 10.0 Å². The van der Waals surface area contributed by atoms with Crippen LogP contribution in [0.5, 0.6) is 0 Å². The fourth-order valence-electron chi connectivity index (χ4n) is 2.02. The van der Waals surface area contributed by atoms with E-state index in [1.54, 1.807) is 0 Å². The summed E-state index contributed by atoms with van der Waals surface area (Å²) in [5, 5.41) is 12.5. The molecule has 0 bridgehead atoms. The van der Waals surface area contributed by atoms with Crippen LogP contribution in [0.1, 0.15) is 12.5 Å². The second-order valence-corrected chi connectivity index (χ2v) is 5.80. The number of amides is 1. The lowest BCUT2D eigenvalue weighted by molar-refractivity contribution is -0.156. The number of carbonyl (C=O) groups excluding carboxylic acids is 1. The number of carboxylic acid groups (broad SMARTS) is 1. The zero-order chi connectivity index (χ0) is 16.3. The first-order valence-corrected chi connectivity index (χ1v) is 7.30. The Hall–Kier alpha value is -1.34. The standard InChI is InChI=1S/C14H15Cl2NO5/c1-14(13(19)20,8-2-3-9(15)10(16)6-8)17-12(18)11-7-21-4-5-22-11/h2-3,6,11H,4-5,7H2,1H3,(H,17,18)(H,19,20). The Balaban J connectivity index is 2.25. The molecule has 1 aromatic rings. The molecule has 1 aliphatic rings. The molecule has 1 heterocycles. The summed E-state index contributed by atoms with van der Waals surface area (Å²) in [5.74, 6) is -1.79. The molecule has 1 amide bonds. The molecule has 22 heavy (non-hydrogen) atoms. The number of ether oxygens (including phenoxy) is 2. The molecule has 8 heteroatoms. The van der Waals surface area contributed by atoms with Crippen molar-refractivity contribution in [1.29, 1.82) is 0 Å². The highest BCUT2D eigenvalue weighted by molar-refractivity contribution is 6.42. The monoisotopic (exact) mass is 347 g/mol. The van der Waals surface area contributed by atoms with Gasteiger partial charge in [-0.05, 0) is 24.6 Å². The third kappa shape index (κ3) is 3.52. The van der Waals surface area contributed by atoms with Gasteiger partial charge in [0.2, 0.25) is 0 Å². The van der Waals surface area contributed by atoms with E-state index in [0.717, 1.165) is 0 Å². The van der Waals surface area contributed by atoms with E-state index in [1.807, 2.05) is 0 Å². The first-order chi connectivity index (χ1) is 10.3. The minimum absolute atomic E-state index is 0.0862. The Morgan fingerprint density at radius 3 is 2.59 bits per heavy atom. The lowest BCUT2D eigenvalue weighted by atomic mass is 9.91. The van der Waals surface area contributed by atoms with Crippen molar-refractivity contribution < 1.29 is 24.2 Å². The molecule has 2 N–H and O–H groups in total. The van der Waals surface area contributed by atoms with Gasteiger partial charge in [0.1, 0.15) is 0 Å². The third-order valence-corrected chi connectivity index (χ3v) is 4.15. The minimum Gasteiger partial charge on any atom is -0.479 e. The maximum atomic E-state index is 12.2. The molecule has 2 atom stereocenters. The molecule has 0 radical (unpaired) electrons. The van der Waals surface area contributed by atoms with E-state index in [0.29, 0.717) is 17.2 Å². The van der Waals surface area contributed by atoms with Crippen molar-refractivity contribution in [2.24, 2.45) is 0 Å². The van der Waals surface area contributed by atoms with E-state index in [4.69, 9.17) is 32.7 Å². The van der Waals surface area contributed by atoms with Gasteiger partial charge in [-0.3, -0.25) is 4.79 Å². The van der Waals surface area contributed by atoms with Gasteiger partial charge >= 0.3 is 5.97 Å². The SMILES string of the molecule is CC(NC(=O)C1COCCO1)(C(=O)O)c1ccc(Cl)c(Cl)c1. The van der Waals surface area contributed by atoms with Crippen molar-refractivity contribution in [2.75, 3.05) is 19.8 Å². The Morgan fingerprint density at radius 2 is 2.05 bits per heavy atom. The summed E-state index contributed by atoms with van der Waals surface area (Å²) in [6, 6.07) is 4.39. The Labute approximate surface area is 137 Å². The van der Waals surface area contributed by atoms with Crippen LogP contribution in [0.25, 0.3) is 0 Å². The van der Waals surface area contributed by atoms with Crippen molar-refractivity contribution in [3.63, 3.8) is 0 Å². The molecule has 6 nitrogen and oxygen atoms in total. The number of hydrogen-bond donors (Lipinski definition) is 2. The van der Waals surface area contributed by atoms with E-state index in [-0.39, 0.29) is 18.2 Å². The van der Waals surface area contributed by atoms with Crippen LogP contribution in [0.3, 0.4) is 0 Å². The highest BCUT2D eigenvalue weighted by atomic mass is 35.5. The van der Waals surface area contributed by atoms with E-state index in [9.17, 15) is 14.7 Å². The van der Waals surface area contributed by atoms with E-state index in [1.165, 1.54) is 25.1 Å². The maximum Gasteiger partial charge on any atom is 0.333 e. The van der Waals surface area contributed by atoms with Gasteiger partial charge in [-0.1, -0.05) is 29.3 Å². The number of carbonyl (C=O) groups is 2. The molecule has 0 aromatic heterocycles. The molecular formula is C14H15Cl2NO5. The molecule has 2 rings (SSSR count). The lowest BCUT2D eigenvalue weighted by Crippen LogP contribution is -2.54. The number of nitrogens with one attached hydrogen (secondary N) is 1. The third-order valence-electron chi connectivity index (χ3n) is 3.41. The largest absolute Gasteiger partial charge is 0.479 e.